The molecule has 1 fully saturated rings. The zero-order valence-corrected chi connectivity index (χ0v) is 14.9. The highest BCUT2D eigenvalue weighted by Gasteiger charge is 2.19. The van der Waals surface area contributed by atoms with Gasteiger partial charge in [0.2, 0.25) is 0 Å². The van der Waals surface area contributed by atoms with Gasteiger partial charge in [0.1, 0.15) is 5.82 Å². The molecule has 1 aromatic carbocycles. The van der Waals surface area contributed by atoms with Crippen LogP contribution >= 0.6 is 0 Å². The molecule has 0 atom stereocenters. The van der Waals surface area contributed by atoms with Crippen molar-refractivity contribution in [1.29, 1.82) is 0 Å². The van der Waals surface area contributed by atoms with E-state index in [2.05, 4.69) is 15.2 Å². The maximum atomic E-state index is 12.7. The zero-order chi connectivity index (χ0) is 17.9. The standard InChI is InChI=1S/C18H21N3O3S/c1-25(23,24)15-9-7-14(8-10-15)20-18(22)16-6-5-11-19-17(16)21-12-3-2-4-13-21/h5-11H,2-4,12-13H2,1H3,(H,20,22). The molecule has 0 saturated carbocycles. The number of piperidine rings is 1. The van der Waals surface area contributed by atoms with Gasteiger partial charge in [0.25, 0.3) is 5.91 Å². The Labute approximate surface area is 147 Å². The lowest BCUT2D eigenvalue weighted by molar-refractivity contribution is 0.102. The number of pyridine rings is 1. The summed E-state index contributed by atoms with van der Waals surface area (Å²) in [6, 6.07) is 9.65. The van der Waals surface area contributed by atoms with Crippen LogP contribution in [0.5, 0.6) is 0 Å². The number of amides is 1. The molecule has 0 unspecified atom stereocenters. The van der Waals surface area contributed by atoms with Gasteiger partial charge in [0.05, 0.1) is 10.5 Å². The smallest absolute Gasteiger partial charge is 0.259 e. The molecule has 0 radical (unpaired) electrons. The zero-order valence-electron chi connectivity index (χ0n) is 14.1. The molecular formula is C18H21N3O3S. The van der Waals surface area contributed by atoms with Gasteiger partial charge in [-0.3, -0.25) is 4.79 Å². The van der Waals surface area contributed by atoms with Crippen LogP contribution in [0.1, 0.15) is 29.6 Å². The molecule has 3 rings (SSSR count). The maximum absolute atomic E-state index is 12.7. The van der Waals surface area contributed by atoms with E-state index in [1.54, 1.807) is 30.5 Å². The molecule has 7 heteroatoms. The molecule has 2 aromatic rings. The number of aromatic nitrogens is 1. The average molecular weight is 359 g/mol. The third kappa shape index (κ3) is 4.17. The minimum atomic E-state index is -3.25. The summed E-state index contributed by atoms with van der Waals surface area (Å²) in [5, 5.41) is 2.82. The lowest BCUT2D eigenvalue weighted by Gasteiger charge is -2.29. The molecule has 1 saturated heterocycles. The van der Waals surface area contributed by atoms with Gasteiger partial charge in [-0.2, -0.15) is 0 Å². The van der Waals surface area contributed by atoms with Crippen LogP contribution in [0.2, 0.25) is 0 Å². The van der Waals surface area contributed by atoms with Gasteiger partial charge in [0, 0.05) is 31.2 Å². The van der Waals surface area contributed by atoms with E-state index < -0.39 is 9.84 Å². The van der Waals surface area contributed by atoms with E-state index in [-0.39, 0.29) is 10.8 Å². The highest BCUT2D eigenvalue weighted by atomic mass is 32.2. The van der Waals surface area contributed by atoms with Crippen LogP contribution in [0.15, 0.2) is 47.5 Å². The third-order valence-corrected chi connectivity index (χ3v) is 5.36. The number of nitrogens with zero attached hydrogens (tertiary/aromatic N) is 2. The molecule has 6 nitrogen and oxygen atoms in total. The van der Waals surface area contributed by atoms with E-state index in [9.17, 15) is 13.2 Å². The summed E-state index contributed by atoms with van der Waals surface area (Å²) in [6.45, 7) is 1.81. The fraction of sp³-hybridized carbons (Fsp3) is 0.333. The van der Waals surface area contributed by atoms with E-state index in [1.165, 1.54) is 18.6 Å². The predicted octanol–water partition coefficient (Wildman–Crippen LogP) is 2.73. The largest absolute Gasteiger partial charge is 0.356 e. The van der Waals surface area contributed by atoms with Gasteiger partial charge < -0.3 is 10.2 Å². The summed E-state index contributed by atoms with van der Waals surface area (Å²) in [7, 11) is -3.25. The van der Waals surface area contributed by atoms with Crippen LogP contribution in [0.3, 0.4) is 0 Å². The molecule has 0 aliphatic carbocycles. The second-order valence-electron chi connectivity index (χ2n) is 6.17. The fourth-order valence-electron chi connectivity index (χ4n) is 2.92. The molecule has 1 N–H and O–H groups in total. The molecule has 1 amide bonds. The predicted molar refractivity (Wildman–Crippen MR) is 97.8 cm³/mol. The first-order valence-electron chi connectivity index (χ1n) is 8.26. The fourth-order valence-corrected chi connectivity index (χ4v) is 3.55. The summed E-state index contributed by atoms with van der Waals surface area (Å²) in [6.07, 6.45) is 6.26. The number of sulfone groups is 1. The number of anilines is 2. The SMILES string of the molecule is CS(=O)(=O)c1ccc(NC(=O)c2cccnc2N2CCCCC2)cc1. The Morgan fingerprint density at radius 3 is 2.40 bits per heavy atom. The van der Waals surface area contributed by atoms with Crippen LogP contribution in [0.25, 0.3) is 0 Å². The van der Waals surface area contributed by atoms with Gasteiger partial charge in [0.15, 0.2) is 9.84 Å². The van der Waals surface area contributed by atoms with E-state index in [0.29, 0.717) is 17.1 Å². The van der Waals surface area contributed by atoms with Gasteiger partial charge in [-0.1, -0.05) is 0 Å². The van der Waals surface area contributed by atoms with Crippen molar-refractivity contribution in [2.45, 2.75) is 24.2 Å². The van der Waals surface area contributed by atoms with Crippen LogP contribution in [0, 0.1) is 0 Å². The Kier molecular flexibility index (Phi) is 5.03. The lowest BCUT2D eigenvalue weighted by atomic mass is 10.1. The van der Waals surface area contributed by atoms with Crippen molar-refractivity contribution in [2.75, 3.05) is 29.6 Å². The Morgan fingerprint density at radius 1 is 1.08 bits per heavy atom. The molecule has 2 heterocycles. The second-order valence-corrected chi connectivity index (χ2v) is 8.19. The summed E-state index contributed by atoms with van der Waals surface area (Å²) in [5.41, 5.74) is 1.07. The van der Waals surface area contributed by atoms with Crippen LogP contribution in [0.4, 0.5) is 11.5 Å². The van der Waals surface area contributed by atoms with Gasteiger partial charge in [-0.15, -0.1) is 0 Å². The molecule has 0 spiro atoms. The van der Waals surface area contributed by atoms with Crippen molar-refractivity contribution in [3.8, 4) is 0 Å². The van der Waals surface area contributed by atoms with Crippen LogP contribution in [-0.2, 0) is 9.84 Å². The van der Waals surface area contributed by atoms with Gasteiger partial charge in [-0.05, 0) is 55.7 Å². The number of carbonyl (C=O) groups is 1. The van der Waals surface area contributed by atoms with E-state index in [0.717, 1.165) is 32.2 Å². The van der Waals surface area contributed by atoms with Crippen molar-refractivity contribution in [2.24, 2.45) is 0 Å². The third-order valence-electron chi connectivity index (χ3n) is 4.23. The van der Waals surface area contributed by atoms with Crippen molar-refractivity contribution >= 4 is 27.2 Å². The molecule has 1 aromatic heterocycles. The first-order valence-corrected chi connectivity index (χ1v) is 10.2. The van der Waals surface area contributed by atoms with Crippen molar-refractivity contribution in [3.05, 3.63) is 48.2 Å². The molecular weight excluding hydrogens is 338 g/mol. The van der Waals surface area contributed by atoms with Gasteiger partial charge in [-0.25, -0.2) is 13.4 Å². The normalized spacial score (nSPS) is 15.0. The highest BCUT2D eigenvalue weighted by Crippen LogP contribution is 2.23. The number of benzene rings is 1. The number of nitrogens with one attached hydrogen (secondary N) is 1. The second kappa shape index (κ2) is 7.23. The summed E-state index contributed by atoms with van der Waals surface area (Å²) < 4.78 is 23.0. The first kappa shape index (κ1) is 17.4. The molecule has 25 heavy (non-hydrogen) atoms. The van der Waals surface area contributed by atoms with E-state index >= 15 is 0 Å². The maximum Gasteiger partial charge on any atom is 0.259 e. The first-order chi connectivity index (χ1) is 11.9. The minimum absolute atomic E-state index is 0.223. The average Bonchev–Trinajstić information content (AvgIpc) is 2.62. The molecule has 1 aliphatic heterocycles. The quantitative estimate of drug-likeness (QED) is 0.908. The number of carbonyl (C=O) groups excluding carboxylic acids is 1. The van der Waals surface area contributed by atoms with E-state index in [4.69, 9.17) is 0 Å². The monoisotopic (exact) mass is 359 g/mol. The van der Waals surface area contributed by atoms with Gasteiger partial charge >= 0.3 is 0 Å². The molecule has 132 valence electrons. The Bertz CT molecular complexity index is 857. The lowest BCUT2D eigenvalue weighted by Crippen LogP contribution is -2.32. The summed E-state index contributed by atoms with van der Waals surface area (Å²) >= 11 is 0. The van der Waals surface area contributed by atoms with E-state index in [1.807, 2.05) is 0 Å². The highest BCUT2D eigenvalue weighted by molar-refractivity contribution is 7.90. The molecule has 1 aliphatic rings. The summed E-state index contributed by atoms with van der Waals surface area (Å²) in [4.78, 5) is 19.4. The molecule has 0 bridgehead atoms. The van der Waals surface area contributed by atoms with Crippen LogP contribution < -0.4 is 10.2 Å². The van der Waals surface area contributed by atoms with Crippen LogP contribution in [-0.4, -0.2) is 38.7 Å². The Morgan fingerprint density at radius 2 is 1.76 bits per heavy atom. The summed E-state index contributed by atoms with van der Waals surface area (Å²) in [5.74, 6) is 0.452. The number of hydrogen-bond acceptors (Lipinski definition) is 5. The topological polar surface area (TPSA) is 79.4 Å². The number of rotatable bonds is 4. The number of hydrogen-bond donors (Lipinski definition) is 1. The van der Waals surface area contributed by atoms with Crippen molar-refractivity contribution in [1.82, 2.24) is 4.98 Å². The van der Waals surface area contributed by atoms with Crippen molar-refractivity contribution < 1.29 is 13.2 Å². The minimum Gasteiger partial charge on any atom is -0.356 e. The Balaban J connectivity index is 1.79. The van der Waals surface area contributed by atoms with Crippen molar-refractivity contribution in [3.63, 3.8) is 0 Å². The Hall–Kier alpha value is -2.41.